The average Bonchev–Trinajstić information content (AvgIpc) is 2.45. The summed E-state index contributed by atoms with van der Waals surface area (Å²) in [6.07, 6.45) is 0.0681. The van der Waals surface area contributed by atoms with E-state index in [1.165, 1.54) is 26.4 Å². The molecule has 0 spiro atoms. The molecule has 1 unspecified atom stereocenters. The third kappa shape index (κ3) is 3.95. The second-order valence-corrected chi connectivity index (χ2v) is 4.28. The molecular formula is C14H16O7. The first-order valence-electron chi connectivity index (χ1n) is 6.10. The van der Waals surface area contributed by atoms with Crippen LogP contribution >= 0.6 is 0 Å². The molecule has 7 nitrogen and oxygen atoms in total. The summed E-state index contributed by atoms with van der Waals surface area (Å²) in [7, 11) is 2.78. The Balaban J connectivity index is 3.31. The van der Waals surface area contributed by atoms with Crippen LogP contribution in [0.3, 0.4) is 0 Å². The van der Waals surface area contributed by atoms with Gasteiger partial charge in [-0.2, -0.15) is 0 Å². The van der Waals surface area contributed by atoms with Crippen LogP contribution in [0.5, 0.6) is 11.5 Å². The number of aliphatic carboxylic acids is 2. The lowest BCUT2D eigenvalue weighted by molar-refractivity contribution is -0.140. The summed E-state index contributed by atoms with van der Waals surface area (Å²) < 4.78 is 10.1. The van der Waals surface area contributed by atoms with E-state index in [9.17, 15) is 19.5 Å². The highest BCUT2D eigenvalue weighted by Crippen LogP contribution is 2.35. The van der Waals surface area contributed by atoms with Crippen molar-refractivity contribution in [2.75, 3.05) is 14.2 Å². The molecule has 21 heavy (non-hydrogen) atoms. The van der Waals surface area contributed by atoms with E-state index in [1.807, 2.05) is 0 Å². The van der Waals surface area contributed by atoms with Crippen molar-refractivity contribution in [1.82, 2.24) is 0 Å². The quantitative estimate of drug-likeness (QED) is 0.700. The summed E-state index contributed by atoms with van der Waals surface area (Å²) in [4.78, 5) is 33.1. The predicted molar refractivity (Wildman–Crippen MR) is 72.2 cm³/mol. The highest BCUT2D eigenvalue weighted by Gasteiger charge is 2.25. The molecule has 0 aliphatic rings. The molecule has 0 saturated carbocycles. The second kappa shape index (κ2) is 7.28. The van der Waals surface area contributed by atoms with Gasteiger partial charge in [0.1, 0.15) is 6.29 Å². The van der Waals surface area contributed by atoms with Crippen molar-refractivity contribution >= 4 is 18.2 Å². The van der Waals surface area contributed by atoms with Gasteiger partial charge in [-0.25, -0.2) is 0 Å². The molecule has 1 aromatic rings. The van der Waals surface area contributed by atoms with Gasteiger partial charge < -0.3 is 19.7 Å². The summed E-state index contributed by atoms with van der Waals surface area (Å²) in [6, 6.07) is 2.76. The number of hydrogen-bond donors (Lipinski definition) is 2. The van der Waals surface area contributed by atoms with Crippen molar-refractivity contribution in [1.29, 1.82) is 0 Å². The van der Waals surface area contributed by atoms with E-state index < -0.39 is 17.9 Å². The molecule has 2 N–H and O–H groups in total. The smallest absolute Gasteiger partial charge is 0.311 e. The Morgan fingerprint density at radius 3 is 2.19 bits per heavy atom. The van der Waals surface area contributed by atoms with Gasteiger partial charge >= 0.3 is 11.9 Å². The fourth-order valence-electron chi connectivity index (χ4n) is 1.99. The molecule has 0 heterocycles. The van der Waals surface area contributed by atoms with Gasteiger partial charge in [0.2, 0.25) is 0 Å². The maximum absolute atomic E-state index is 11.4. The van der Waals surface area contributed by atoms with Crippen LogP contribution in [-0.2, 0) is 9.59 Å². The van der Waals surface area contributed by atoms with Gasteiger partial charge in [0.05, 0.1) is 20.1 Å². The minimum Gasteiger partial charge on any atom is -0.493 e. The number of carbonyl (C=O) groups is 3. The van der Waals surface area contributed by atoms with Crippen LogP contribution in [-0.4, -0.2) is 42.7 Å². The Morgan fingerprint density at radius 1 is 1.19 bits per heavy atom. The van der Waals surface area contributed by atoms with Crippen LogP contribution in [0, 0.1) is 0 Å². The Morgan fingerprint density at radius 2 is 1.76 bits per heavy atom. The van der Waals surface area contributed by atoms with Crippen molar-refractivity contribution in [3.63, 3.8) is 0 Å². The molecule has 0 bridgehead atoms. The number of rotatable bonds is 8. The van der Waals surface area contributed by atoms with Crippen molar-refractivity contribution in [2.45, 2.75) is 18.8 Å². The Kier molecular flexibility index (Phi) is 5.71. The zero-order valence-corrected chi connectivity index (χ0v) is 11.7. The first-order chi connectivity index (χ1) is 9.94. The Bertz CT molecular complexity index is 550. The Hall–Kier alpha value is -2.57. The maximum atomic E-state index is 11.4. The van der Waals surface area contributed by atoms with E-state index in [2.05, 4.69) is 0 Å². The van der Waals surface area contributed by atoms with E-state index in [0.717, 1.165) is 0 Å². The van der Waals surface area contributed by atoms with Gasteiger partial charge in [0, 0.05) is 12.0 Å². The number of carboxylic acids is 2. The highest BCUT2D eigenvalue weighted by atomic mass is 16.5. The van der Waals surface area contributed by atoms with Crippen molar-refractivity contribution in [2.24, 2.45) is 0 Å². The maximum Gasteiger partial charge on any atom is 0.311 e. The summed E-state index contributed by atoms with van der Waals surface area (Å²) in [5, 5.41) is 18.0. The first-order valence-corrected chi connectivity index (χ1v) is 6.10. The second-order valence-electron chi connectivity index (χ2n) is 4.28. The lowest BCUT2D eigenvalue weighted by atomic mass is 9.90. The van der Waals surface area contributed by atoms with Crippen LogP contribution in [0.4, 0.5) is 0 Å². The summed E-state index contributed by atoms with van der Waals surface area (Å²) in [6.45, 7) is 0. The highest BCUT2D eigenvalue weighted by molar-refractivity contribution is 5.85. The van der Waals surface area contributed by atoms with Crippen molar-refractivity contribution < 1.29 is 34.1 Å². The zero-order chi connectivity index (χ0) is 16.0. The van der Waals surface area contributed by atoms with Crippen LogP contribution in [0.2, 0.25) is 0 Å². The van der Waals surface area contributed by atoms with Gasteiger partial charge in [-0.1, -0.05) is 0 Å². The number of benzene rings is 1. The predicted octanol–water partition coefficient (Wildman–Crippen LogP) is 1.55. The zero-order valence-electron chi connectivity index (χ0n) is 11.7. The lowest BCUT2D eigenvalue weighted by Crippen LogP contribution is -2.15. The number of ether oxygens (including phenoxy) is 2. The van der Waals surface area contributed by atoms with E-state index in [0.29, 0.717) is 12.0 Å². The minimum absolute atomic E-state index is 0.124. The standard InChI is InChI=1S/C14H16O7/c1-20-11-5-8(7-15)10(6-12(11)21-2)9(14(18)19)3-4-13(16)17/h5-7,9H,3-4H2,1-2H3,(H,16,17)(H,18,19). The summed E-state index contributed by atoms with van der Waals surface area (Å²) in [5.41, 5.74) is 0.335. The molecule has 0 amide bonds. The van der Waals surface area contributed by atoms with Crippen LogP contribution < -0.4 is 9.47 Å². The minimum atomic E-state index is -1.20. The summed E-state index contributed by atoms with van der Waals surface area (Å²) in [5.74, 6) is -2.84. The van der Waals surface area contributed by atoms with Crippen molar-refractivity contribution in [3.8, 4) is 11.5 Å². The summed E-state index contributed by atoms with van der Waals surface area (Å²) >= 11 is 0. The number of carbonyl (C=O) groups excluding carboxylic acids is 1. The Labute approximate surface area is 121 Å². The average molecular weight is 296 g/mol. The first kappa shape index (κ1) is 16.5. The number of methoxy groups -OCH3 is 2. The van der Waals surface area contributed by atoms with Gasteiger partial charge in [-0.3, -0.25) is 14.4 Å². The van der Waals surface area contributed by atoms with Gasteiger partial charge in [-0.05, 0) is 24.1 Å². The molecule has 0 aliphatic heterocycles. The third-order valence-electron chi connectivity index (χ3n) is 3.04. The molecule has 0 aliphatic carbocycles. The van der Waals surface area contributed by atoms with E-state index in [4.69, 9.17) is 14.6 Å². The number of hydrogen-bond acceptors (Lipinski definition) is 5. The molecule has 1 atom stereocenters. The topological polar surface area (TPSA) is 110 Å². The van der Waals surface area contributed by atoms with E-state index >= 15 is 0 Å². The monoisotopic (exact) mass is 296 g/mol. The molecule has 0 aromatic heterocycles. The van der Waals surface area contributed by atoms with Gasteiger partial charge in [0.25, 0.3) is 0 Å². The molecule has 0 saturated heterocycles. The van der Waals surface area contributed by atoms with E-state index in [1.54, 1.807) is 0 Å². The molecule has 1 rings (SSSR count). The van der Waals surface area contributed by atoms with Gasteiger partial charge in [-0.15, -0.1) is 0 Å². The van der Waals surface area contributed by atoms with Gasteiger partial charge in [0.15, 0.2) is 11.5 Å². The lowest BCUT2D eigenvalue weighted by Gasteiger charge is -2.17. The third-order valence-corrected chi connectivity index (χ3v) is 3.04. The molecule has 7 heteroatoms. The fraction of sp³-hybridized carbons (Fsp3) is 0.357. The number of aldehydes is 1. The molecule has 0 fully saturated rings. The molecule has 1 aromatic carbocycles. The fourth-order valence-corrected chi connectivity index (χ4v) is 1.99. The molecular weight excluding hydrogens is 280 g/mol. The normalized spacial score (nSPS) is 11.5. The molecule has 0 radical (unpaired) electrons. The van der Waals surface area contributed by atoms with Crippen LogP contribution in [0.25, 0.3) is 0 Å². The van der Waals surface area contributed by atoms with Crippen molar-refractivity contribution in [3.05, 3.63) is 23.3 Å². The number of carboxylic acid groups (broad SMARTS) is 2. The van der Waals surface area contributed by atoms with Crippen LogP contribution in [0.1, 0.15) is 34.7 Å². The SMILES string of the molecule is COc1cc(C=O)c(C(CCC(=O)O)C(=O)O)cc1OC. The van der Waals surface area contributed by atoms with Crippen LogP contribution in [0.15, 0.2) is 12.1 Å². The largest absolute Gasteiger partial charge is 0.493 e. The van der Waals surface area contributed by atoms with E-state index in [-0.39, 0.29) is 29.7 Å². The molecule has 114 valence electrons.